The monoisotopic (exact) mass is 298 g/mol. The second-order valence-electron chi connectivity index (χ2n) is 4.66. The first-order valence-corrected chi connectivity index (χ1v) is 6.86. The van der Waals surface area contributed by atoms with Gasteiger partial charge in [-0.1, -0.05) is 13.0 Å². The fourth-order valence-electron chi connectivity index (χ4n) is 1.77. The fraction of sp³-hybridized carbons (Fsp3) is 0.571. The Balaban J connectivity index is 2.76. The molecule has 1 atom stereocenters. The highest BCUT2D eigenvalue weighted by atomic mass is 16.6. The normalized spacial score (nSPS) is 12.1. The molecule has 0 heterocycles. The van der Waals surface area contributed by atoms with Crippen molar-refractivity contribution in [2.24, 2.45) is 0 Å². The van der Waals surface area contributed by atoms with Gasteiger partial charge >= 0.3 is 5.69 Å². The largest absolute Gasteiger partial charge is 0.484 e. The predicted molar refractivity (Wildman–Crippen MR) is 78.5 cm³/mol. The van der Waals surface area contributed by atoms with E-state index in [1.54, 1.807) is 12.1 Å². The zero-order valence-electron chi connectivity index (χ0n) is 12.4. The number of methoxy groups -OCH3 is 1. The first kappa shape index (κ1) is 17.4. The number of benzene rings is 1. The highest BCUT2D eigenvalue weighted by molar-refractivity contribution is 5.48. The zero-order chi connectivity index (χ0) is 15.7. The Hall–Kier alpha value is -1.70. The SMILES string of the molecule is CCCNCc1ccc([N+](=O)[O-])c(OCC(O)COC)c1. The molecule has 21 heavy (non-hydrogen) atoms. The molecule has 0 spiro atoms. The van der Waals surface area contributed by atoms with Gasteiger partial charge in [0.05, 0.1) is 11.5 Å². The average molecular weight is 298 g/mol. The van der Waals surface area contributed by atoms with Gasteiger partial charge in [-0.15, -0.1) is 0 Å². The van der Waals surface area contributed by atoms with Crippen molar-refractivity contribution in [2.75, 3.05) is 26.9 Å². The van der Waals surface area contributed by atoms with E-state index < -0.39 is 11.0 Å². The highest BCUT2D eigenvalue weighted by Gasteiger charge is 2.17. The summed E-state index contributed by atoms with van der Waals surface area (Å²) in [6.07, 6.45) is 0.191. The molecule has 0 fully saturated rings. The first-order chi connectivity index (χ1) is 10.1. The Bertz CT molecular complexity index is 453. The molecule has 0 saturated carbocycles. The lowest BCUT2D eigenvalue weighted by Gasteiger charge is -2.12. The number of rotatable bonds is 10. The van der Waals surface area contributed by atoms with Gasteiger partial charge in [0.15, 0.2) is 5.75 Å². The van der Waals surface area contributed by atoms with Gasteiger partial charge in [-0.25, -0.2) is 0 Å². The summed E-state index contributed by atoms with van der Waals surface area (Å²) in [4.78, 5) is 10.5. The number of hydrogen-bond acceptors (Lipinski definition) is 6. The predicted octanol–water partition coefficient (Wildman–Crippen LogP) is 1.48. The summed E-state index contributed by atoms with van der Waals surface area (Å²) in [6.45, 7) is 3.61. The molecule has 0 radical (unpaired) electrons. The Kier molecular flexibility index (Phi) is 7.66. The van der Waals surface area contributed by atoms with Gasteiger partial charge in [0.2, 0.25) is 0 Å². The van der Waals surface area contributed by atoms with Gasteiger partial charge in [0.1, 0.15) is 12.7 Å². The van der Waals surface area contributed by atoms with Crippen LogP contribution in [0.15, 0.2) is 18.2 Å². The van der Waals surface area contributed by atoms with Crippen LogP contribution >= 0.6 is 0 Å². The van der Waals surface area contributed by atoms with Crippen LogP contribution in [0.25, 0.3) is 0 Å². The van der Waals surface area contributed by atoms with Gasteiger partial charge in [-0.3, -0.25) is 10.1 Å². The quantitative estimate of drug-likeness (QED) is 0.386. The van der Waals surface area contributed by atoms with E-state index >= 15 is 0 Å². The van der Waals surface area contributed by atoms with Crippen molar-refractivity contribution in [1.29, 1.82) is 0 Å². The molecule has 1 aromatic rings. The summed E-state index contributed by atoms with van der Waals surface area (Å²) in [5.74, 6) is 0.158. The minimum absolute atomic E-state index is 0.0550. The average Bonchev–Trinajstić information content (AvgIpc) is 2.45. The summed E-state index contributed by atoms with van der Waals surface area (Å²) < 4.78 is 10.1. The van der Waals surface area contributed by atoms with Crippen molar-refractivity contribution < 1.29 is 19.5 Å². The van der Waals surface area contributed by atoms with E-state index in [0.717, 1.165) is 18.5 Å². The Morgan fingerprint density at radius 3 is 2.81 bits per heavy atom. The smallest absolute Gasteiger partial charge is 0.310 e. The van der Waals surface area contributed by atoms with Crippen molar-refractivity contribution in [3.05, 3.63) is 33.9 Å². The number of ether oxygens (including phenoxy) is 2. The maximum Gasteiger partial charge on any atom is 0.310 e. The molecule has 1 unspecified atom stereocenters. The maximum absolute atomic E-state index is 11.0. The first-order valence-electron chi connectivity index (χ1n) is 6.86. The highest BCUT2D eigenvalue weighted by Crippen LogP contribution is 2.28. The molecule has 7 heteroatoms. The van der Waals surface area contributed by atoms with Crippen LogP contribution in [0.5, 0.6) is 5.75 Å². The zero-order valence-corrected chi connectivity index (χ0v) is 12.4. The van der Waals surface area contributed by atoms with Gasteiger partial charge in [-0.2, -0.15) is 0 Å². The van der Waals surface area contributed by atoms with Crippen LogP contribution in [0.4, 0.5) is 5.69 Å². The van der Waals surface area contributed by atoms with E-state index in [9.17, 15) is 15.2 Å². The number of aliphatic hydroxyl groups is 1. The van der Waals surface area contributed by atoms with E-state index in [0.29, 0.717) is 6.54 Å². The van der Waals surface area contributed by atoms with Gasteiger partial charge < -0.3 is 19.9 Å². The second-order valence-corrected chi connectivity index (χ2v) is 4.66. The third-order valence-corrected chi connectivity index (χ3v) is 2.77. The number of aliphatic hydroxyl groups excluding tert-OH is 1. The summed E-state index contributed by atoms with van der Waals surface area (Å²) in [6, 6.07) is 4.74. The summed E-state index contributed by atoms with van der Waals surface area (Å²) in [5, 5.41) is 23.8. The Morgan fingerprint density at radius 2 is 2.19 bits per heavy atom. The lowest BCUT2D eigenvalue weighted by atomic mass is 10.2. The summed E-state index contributed by atoms with van der Waals surface area (Å²) >= 11 is 0. The van der Waals surface area contributed by atoms with Gasteiger partial charge in [0.25, 0.3) is 0 Å². The molecule has 0 aliphatic rings. The van der Waals surface area contributed by atoms with E-state index in [4.69, 9.17) is 9.47 Å². The van der Waals surface area contributed by atoms with Crippen LogP contribution in [0, 0.1) is 10.1 Å². The van der Waals surface area contributed by atoms with Crippen LogP contribution < -0.4 is 10.1 Å². The maximum atomic E-state index is 11.0. The number of nitrogens with one attached hydrogen (secondary N) is 1. The molecule has 0 aromatic heterocycles. The van der Waals surface area contributed by atoms with E-state index in [1.165, 1.54) is 13.2 Å². The Labute approximate surface area is 124 Å². The van der Waals surface area contributed by atoms with Crippen LogP contribution in [-0.2, 0) is 11.3 Å². The molecule has 1 rings (SSSR count). The molecular weight excluding hydrogens is 276 g/mol. The number of nitrogens with zero attached hydrogens (tertiary/aromatic N) is 1. The number of hydrogen-bond donors (Lipinski definition) is 2. The molecule has 0 aliphatic carbocycles. The molecule has 0 bridgehead atoms. The molecule has 0 amide bonds. The van der Waals surface area contributed by atoms with Crippen LogP contribution in [0.2, 0.25) is 0 Å². The third kappa shape index (κ3) is 6.07. The van der Waals surface area contributed by atoms with Crippen LogP contribution in [-0.4, -0.2) is 43.0 Å². The lowest BCUT2D eigenvalue weighted by molar-refractivity contribution is -0.385. The molecule has 0 saturated heterocycles. The van der Waals surface area contributed by atoms with Crippen LogP contribution in [0.1, 0.15) is 18.9 Å². The van der Waals surface area contributed by atoms with Crippen molar-refractivity contribution >= 4 is 5.69 Å². The fourth-order valence-corrected chi connectivity index (χ4v) is 1.77. The molecular formula is C14H22N2O5. The molecule has 0 aliphatic heterocycles. The van der Waals surface area contributed by atoms with Gasteiger partial charge in [0, 0.05) is 19.7 Å². The van der Waals surface area contributed by atoms with Crippen molar-refractivity contribution in [3.8, 4) is 5.75 Å². The van der Waals surface area contributed by atoms with Crippen molar-refractivity contribution in [3.63, 3.8) is 0 Å². The van der Waals surface area contributed by atoms with Crippen molar-refractivity contribution in [2.45, 2.75) is 26.0 Å². The van der Waals surface area contributed by atoms with Crippen molar-refractivity contribution in [1.82, 2.24) is 5.32 Å². The molecule has 1 aromatic carbocycles. The number of nitro benzene ring substituents is 1. The molecule has 2 N–H and O–H groups in total. The van der Waals surface area contributed by atoms with E-state index in [1.807, 2.05) is 0 Å². The van der Waals surface area contributed by atoms with E-state index in [-0.39, 0.29) is 24.7 Å². The minimum atomic E-state index is -0.823. The summed E-state index contributed by atoms with van der Waals surface area (Å²) in [5.41, 5.74) is 0.782. The van der Waals surface area contributed by atoms with Crippen LogP contribution in [0.3, 0.4) is 0 Å². The molecule has 118 valence electrons. The topological polar surface area (TPSA) is 93.9 Å². The van der Waals surface area contributed by atoms with E-state index in [2.05, 4.69) is 12.2 Å². The summed E-state index contributed by atoms with van der Waals surface area (Å²) in [7, 11) is 1.46. The number of nitro groups is 1. The lowest BCUT2D eigenvalue weighted by Crippen LogP contribution is -2.23. The molecule has 7 nitrogen and oxygen atoms in total. The third-order valence-electron chi connectivity index (χ3n) is 2.77. The Morgan fingerprint density at radius 1 is 1.43 bits per heavy atom. The van der Waals surface area contributed by atoms with Gasteiger partial charge in [-0.05, 0) is 24.6 Å². The second kappa shape index (κ2) is 9.28. The standard InChI is InChI=1S/C14H22N2O5/c1-3-6-15-8-11-4-5-13(16(18)19)14(7-11)21-10-12(17)9-20-2/h4-5,7,12,15,17H,3,6,8-10H2,1-2H3. The minimum Gasteiger partial charge on any atom is -0.484 e.